The molecule has 0 aliphatic rings. The molecule has 0 radical (unpaired) electrons. The predicted molar refractivity (Wildman–Crippen MR) is 106 cm³/mol. The number of aliphatic carboxylic acids is 1. The zero-order valence-corrected chi connectivity index (χ0v) is 16.8. The van der Waals surface area contributed by atoms with Gasteiger partial charge in [-0.2, -0.15) is 4.72 Å². The highest BCUT2D eigenvalue weighted by Crippen LogP contribution is 2.21. The molecule has 7 N–H and O–H groups in total. The van der Waals surface area contributed by atoms with Crippen molar-refractivity contribution in [2.75, 3.05) is 13.1 Å². The second-order valence-electron chi connectivity index (χ2n) is 6.00. The van der Waals surface area contributed by atoms with Crippen LogP contribution in [0.1, 0.15) is 25.8 Å². The number of rotatable bonds is 10. The van der Waals surface area contributed by atoms with Gasteiger partial charge in [-0.3, -0.25) is 9.59 Å². The van der Waals surface area contributed by atoms with Crippen LogP contribution in [0, 0.1) is 0 Å². The molecule has 1 atom stereocenters. The third-order valence-electron chi connectivity index (χ3n) is 3.73. The molecule has 0 saturated carbocycles. The van der Waals surface area contributed by atoms with Crippen molar-refractivity contribution < 1.29 is 27.9 Å². The van der Waals surface area contributed by atoms with Crippen LogP contribution in [0.4, 0.5) is 0 Å². The molecule has 0 spiro atoms. The smallest absolute Gasteiger partial charge is 0.340 e. The third-order valence-corrected chi connectivity index (χ3v) is 6.38. The van der Waals surface area contributed by atoms with Gasteiger partial charge in [0.05, 0.1) is 21.1 Å². The number of nitrogens with one attached hydrogen (secondary N) is 2. The molecule has 0 aliphatic heterocycles. The Labute approximate surface area is 171 Å². The molecule has 2 rings (SSSR count). The van der Waals surface area contributed by atoms with Crippen LogP contribution in [-0.4, -0.2) is 49.9 Å². The molecular formula is C17H20N4O6S2. The van der Waals surface area contributed by atoms with Gasteiger partial charge in [0.15, 0.2) is 11.4 Å². The number of hydrogen-bond donors (Lipinski definition) is 5. The summed E-state index contributed by atoms with van der Waals surface area (Å²) in [5.41, 5.74) is 8.47. The number of hydrogen-bond acceptors (Lipinski definition) is 8. The Morgan fingerprint density at radius 2 is 1.69 bits per heavy atom. The molecule has 1 aromatic heterocycles. The average molecular weight is 441 g/mol. The van der Waals surface area contributed by atoms with E-state index in [-0.39, 0.29) is 27.7 Å². The Bertz CT molecular complexity index is 1010. The summed E-state index contributed by atoms with van der Waals surface area (Å²) < 4.78 is 26.8. The molecule has 12 heteroatoms. The Hall–Kier alpha value is -2.64. The molecule has 10 nitrogen and oxygen atoms in total. The van der Waals surface area contributed by atoms with Crippen LogP contribution in [-0.2, 0) is 14.8 Å². The average Bonchev–Trinajstić information content (AvgIpc) is 3.16. The summed E-state index contributed by atoms with van der Waals surface area (Å²) in [4.78, 5) is 36.2. The number of nitrogens with two attached hydrogens (primary N) is 2. The van der Waals surface area contributed by atoms with Crippen molar-refractivity contribution in [2.45, 2.75) is 17.0 Å². The first-order valence-electron chi connectivity index (χ1n) is 8.31. The SMILES string of the molecule is NCCNC(=O)c1ccc(C(=O)CC(N)(NS(=O)(=O)c2ccccc2)C(=O)O)s1. The van der Waals surface area contributed by atoms with E-state index >= 15 is 0 Å². The van der Waals surface area contributed by atoms with Gasteiger partial charge in [-0.25, -0.2) is 13.2 Å². The predicted octanol–water partition coefficient (Wildman–Crippen LogP) is -0.272. The van der Waals surface area contributed by atoms with Gasteiger partial charge >= 0.3 is 5.97 Å². The summed E-state index contributed by atoms with van der Waals surface area (Å²) >= 11 is 0.838. The van der Waals surface area contributed by atoms with Crippen LogP contribution in [0.25, 0.3) is 0 Å². The molecule has 0 fully saturated rings. The molecule has 0 saturated heterocycles. The normalized spacial score (nSPS) is 13.4. The summed E-state index contributed by atoms with van der Waals surface area (Å²) in [7, 11) is -4.29. The maximum atomic E-state index is 12.5. The Morgan fingerprint density at radius 1 is 1.07 bits per heavy atom. The number of benzene rings is 1. The van der Waals surface area contributed by atoms with Crippen LogP contribution in [0.3, 0.4) is 0 Å². The standard InChI is InChI=1S/C17H20N4O6S2/c18-8-9-20-15(23)14-7-6-13(28-14)12(22)10-17(19,16(24)25)21-29(26,27)11-4-2-1-3-5-11/h1-7,21H,8-10,18-19H2,(H,20,23)(H,24,25). The lowest BCUT2D eigenvalue weighted by Gasteiger charge is -2.25. The van der Waals surface area contributed by atoms with E-state index in [0.29, 0.717) is 0 Å². The van der Waals surface area contributed by atoms with Crippen LogP contribution in [0.15, 0.2) is 47.4 Å². The third kappa shape index (κ3) is 5.68. The fourth-order valence-corrected chi connectivity index (χ4v) is 4.41. The molecule has 0 aliphatic carbocycles. The number of Topliss-reactive ketones (excluding diaryl/α,β-unsaturated/α-hetero) is 1. The number of thiophene rings is 1. The summed E-state index contributed by atoms with van der Waals surface area (Å²) in [6.45, 7) is 0.505. The second kappa shape index (κ2) is 9.24. The number of carboxylic acid groups (broad SMARTS) is 1. The Kier molecular flexibility index (Phi) is 7.21. The van der Waals surface area contributed by atoms with Gasteiger partial charge in [0.25, 0.3) is 5.91 Å². The van der Waals surface area contributed by atoms with Gasteiger partial charge in [-0.15, -0.1) is 11.3 Å². The van der Waals surface area contributed by atoms with Crippen molar-refractivity contribution in [1.82, 2.24) is 10.0 Å². The van der Waals surface area contributed by atoms with E-state index in [1.165, 1.54) is 36.4 Å². The molecule has 29 heavy (non-hydrogen) atoms. The second-order valence-corrected chi connectivity index (χ2v) is 8.77. The van der Waals surface area contributed by atoms with Crippen molar-refractivity contribution in [3.63, 3.8) is 0 Å². The summed E-state index contributed by atoms with van der Waals surface area (Å²) in [5, 5.41) is 12.0. The summed E-state index contributed by atoms with van der Waals surface area (Å²) in [6, 6.07) is 9.78. The number of carbonyl (C=O) groups excluding carboxylic acids is 2. The molecule has 1 amide bonds. The Balaban J connectivity index is 2.20. The van der Waals surface area contributed by atoms with E-state index in [1.807, 2.05) is 4.72 Å². The van der Waals surface area contributed by atoms with E-state index in [2.05, 4.69) is 5.32 Å². The minimum absolute atomic E-state index is 0.0675. The van der Waals surface area contributed by atoms with E-state index in [9.17, 15) is 27.9 Å². The zero-order valence-electron chi connectivity index (χ0n) is 15.1. The number of ketones is 1. The quantitative estimate of drug-likeness (QED) is 0.247. The number of sulfonamides is 1. The van der Waals surface area contributed by atoms with E-state index in [4.69, 9.17) is 11.5 Å². The van der Waals surface area contributed by atoms with Gasteiger partial charge in [0, 0.05) is 13.1 Å². The lowest BCUT2D eigenvalue weighted by molar-refractivity contribution is -0.143. The van der Waals surface area contributed by atoms with Crippen molar-refractivity contribution in [3.05, 3.63) is 52.2 Å². The fourth-order valence-electron chi connectivity index (χ4n) is 2.28. The van der Waals surface area contributed by atoms with Crippen LogP contribution in [0.2, 0.25) is 0 Å². The highest BCUT2D eigenvalue weighted by atomic mass is 32.2. The molecule has 1 heterocycles. The fraction of sp³-hybridized carbons (Fsp3) is 0.235. The van der Waals surface area contributed by atoms with Crippen molar-refractivity contribution in [1.29, 1.82) is 0 Å². The summed E-state index contributed by atoms with van der Waals surface area (Å²) in [6.07, 6.45) is -0.848. The molecule has 156 valence electrons. The maximum Gasteiger partial charge on any atom is 0.340 e. The lowest BCUT2D eigenvalue weighted by atomic mass is 10.0. The molecule has 1 aromatic carbocycles. The topological polar surface area (TPSA) is 182 Å². The molecular weight excluding hydrogens is 420 g/mol. The number of carboxylic acids is 1. The largest absolute Gasteiger partial charge is 0.479 e. The van der Waals surface area contributed by atoms with Gasteiger partial charge in [-0.05, 0) is 24.3 Å². The number of amides is 1. The van der Waals surface area contributed by atoms with Gasteiger partial charge in [0.1, 0.15) is 0 Å². The first-order valence-corrected chi connectivity index (χ1v) is 10.6. The molecule has 2 aromatic rings. The van der Waals surface area contributed by atoms with Gasteiger partial charge < -0.3 is 21.9 Å². The van der Waals surface area contributed by atoms with Crippen molar-refractivity contribution >= 4 is 39.0 Å². The van der Waals surface area contributed by atoms with E-state index < -0.39 is 39.8 Å². The first-order chi connectivity index (χ1) is 13.6. The highest BCUT2D eigenvalue weighted by Gasteiger charge is 2.41. The minimum Gasteiger partial charge on any atom is -0.479 e. The van der Waals surface area contributed by atoms with Crippen LogP contribution < -0.4 is 21.5 Å². The van der Waals surface area contributed by atoms with Crippen LogP contribution in [0.5, 0.6) is 0 Å². The van der Waals surface area contributed by atoms with E-state index in [0.717, 1.165) is 11.3 Å². The lowest BCUT2D eigenvalue weighted by Crippen LogP contribution is -2.62. The van der Waals surface area contributed by atoms with Crippen molar-refractivity contribution in [2.24, 2.45) is 11.5 Å². The minimum atomic E-state index is -4.29. The van der Waals surface area contributed by atoms with Crippen LogP contribution >= 0.6 is 11.3 Å². The monoisotopic (exact) mass is 440 g/mol. The molecule has 0 bridgehead atoms. The zero-order chi connectivity index (χ0) is 21.7. The Morgan fingerprint density at radius 3 is 2.28 bits per heavy atom. The van der Waals surface area contributed by atoms with E-state index in [1.54, 1.807) is 6.07 Å². The van der Waals surface area contributed by atoms with Gasteiger partial charge in [0.2, 0.25) is 10.0 Å². The van der Waals surface area contributed by atoms with Gasteiger partial charge in [-0.1, -0.05) is 18.2 Å². The maximum absolute atomic E-state index is 12.5. The first kappa shape index (κ1) is 22.6. The summed E-state index contributed by atoms with van der Waals surface area (Å²) in [5.74, 6) is -2.88. The number of carbonyl (C=O) groups is 3. The highest BCUT2D eigenvalue weighted by molar-refractivity contribution is 7.89. The molecule has 1 unspecified atom stereocenters. The van der Waals surface area contributed by atoms with Crippen molar-refractivity contribution in [3.8, 4) is 0 Å².